The molecule has 0 fully saturated rings. The Kier molecular flexibility index (Phi) is 2.67. The normalized spacial score (nSPS) is 24.3. The first kappa shape index (κ1) is 10.3. The first-order valence-electron chi connectivity index (χ1n) is 5.47. The van der Waals surface area contributed by atoms with Crippen LogP contribution in [0.15, 0.2) is 15.8 Å². The summed E-state index contributed by atoms with van der Waals surface area (Å²) in [6.45, 7) is 3.71. The average molecular weight is 237 g/mol. The van der Waals surface area contributed by atoms with Crippen molar-refractivity contribution in [3.05, 3.63) is 21.9 Å². The summed E-state index contributed by atoms with van der Waals surface area (Å²) in [4.78, 5) is 6.74. The van der Waals surface area contributed by atoms with Crippen molar-refractivity contribution < 1.29 is 4.74 Å². The minimum absolute atomic E-state index is 0.103. The van der Waals surface area contributed by atoms with Gasteiger partial charge in [0, 0.05) is 25.8 Å². The van der Waals surface area contributed by atoms with E-state index in [0.717, 1.165) is 32.0 Å². The lowest BCUT2D eigenvalue weighted by molar-refractivity contribution is -0.0160. The quantitative estimate of drug-likeness (QED) is 0.858. The average Bonchev–Trinajstić information content (AvgIpc) is 2.93. The Labute approximate surface area is 98.9 Å². The maximum atomic E-state index is 5.57. The van der Waals surface area contributed by atoms with Crippen LogP contribution >= 0.6 is 11.3 Å². The molecule has 1 unspecified atom stereocenters. The highest BCUT2D eigenvalue weighted by Crippen LogP contribution is 2.36. The molecule has 2 aliphatic heterocycles. The summed E-state index contributed by atoms with van der Waals surface area (Å²) >= 11 is 1.75. The minimum atomic E-state index is 0.103. The van der Waals surface area contributed by atoms with E-state index in [1.165, 1.54) is 11.1 Å². The van der Waals surface area contributed by atoms with Gasteiger partial charge in [-0.2, -0.15) is 11.3 Å². The molecular formula is C11H15N3OS. The lowest BCUT2D eigenvalue weighted by Crippen LogP contribution is -2.34. The predicted molar refractivity (Wildman–Crippen MR) is 64.8 cm³/mol. The molecular weight excluding hydrogens is 222 g/mol. The molecule has 4 nitrogen and oxygen atoms in total. The van der Waals surface area contributed by atoms with E-state index in [0.29, 0.717) is 0 Å². The van der Waals surface area contributed by atoms with Gasteiger partial charge in [0.05, 0.1) is 13.1 Å². The molecule has 0 amide bonds. The third-order valence-corrected chi connectivity index (χ3v) is 3.88. The summed E-state index contributed by atoms with van der Waals surface area (Å²) < 4.78 is 5.57. The van der Waals surface area contributed by atoms with E-state index < -0.39 is 0 Å². The van der Waals surface area contributed by atoms with Gasteiger partial charge < -0.3 is 10.1 Å². The fraction of sp³-hybridized carbons (Fsp3) is 0.545. The van der Waals surface area contributed by atoms with Crippen molar-refractivity contribution >= 4 is 17.2 Å². The zero-order valence-corrected chi connectivity index (χ0v) is 10.1. The van der Waals surface area contributed by atoms with Gasteiger partial charge in [-0.3, -0.25) is 9.89 Å². The van der Waals surface area contributed by atoms with Gasteiger partial charge in [0.25, 0.3) is 0 Å². The van der Waals surface area contributed by atoms with Gasteiger partial charge in [-0.1, -0.05) is 0 Å². The number of thiophene rings is 1. The maximum Gasteiger partial charge on any atom is 0.138 e. The molecule has 0 spiro atoms. The number of aliphatic imine (C=N–C) groups is 1. The standard InChI is InChI=1S/C11H15N3OS/c1-15-11-9-7-16-6-8(9)4-14(11)5-10-12-2-3-13-10/h6-7,11H,2-5H2,1H3,(H,12,13). The fourth-order valence-electron chi connectivity index (χ4n) is 2.34. The highest BCUT2D eigenvalue weighted by atomic mass is 32.1. The number of rotatable bonds is 3. The van der Waals surface area contributed by atoms with E-state index >= 15 is 0 Å². The van der Waals surface area contributed by atoms with Crippen molar-refractivity contribution in [3.63, 3.8) is 0 Å². The number of nitrogens with one attached hydrogen (secondary N) is 1. The third kappa shape index (κ3) is 1.65. The van der Waals surface area contributed by atoms with Crippen molar-refractivity contribution in [2.75, 3.05) is 26.7 Å². The molecule has 1 N–H and O–H groups in total. The molecule has 86 valence electrons. The van der Waals surface area contributed by atoms with Crippen LogP contribution in [0.25, 0.3) is 0 Å². The van der Waals surface area contributed by atoms with E-state index in [1.54, 1.807) is 18.4 Å². The molecule has 1 atom stereocenters. The molecule has 0 radical (unpaired) electrons. The van der Waals surface area contributed by atoms with Gasteiger partial charge in [-0.15, -0.1) is 0 Å². The maximum absolute atomic E-state index is 5.57. The van der Waals surface area contributed by atoms with Gasteiger partial charge in [0.2, 0.25) is 0 Å². The second kappa shape index (κ2) is 4.16. The summed E-state index contributed by atoms with van der Waals surface area (Å²) in [5, 5.41) is 7.70. The summed E-state index contributed by atoms with van der Waals surface area (Å²) in [5.41, 5.74) is 2.72. The molecule has 1 aromatic rings. The van der Waals surface area contributed by atoms with Gasteiger partial charge >= 0.3 is 0 Å². The van der Waals surface area contributed by atoms with Gasteiger partial charge in [-0.05, 0) is 16.3 Å². The van der Waals surface area contributed by atoms with Crippen LogP contribution in [0.3, 0.4) is 0 Å². The van der Waals surface area contributed by atoms with Crippen LogP contribution in [0, 0.1) is 0 Å². The summed E-state index contributed by atoms with van der Waals surface area (Å²) in [7, 11) is 1.77. The first-order chi connectivity index (χ1) is 7.88. The molecule has 5 heteroatoms. The van der Waals surface area contributed by atoms with Crippen molar-refractivity contribution in [2.45, 2.75) is 12.8 Å². The highest BCUT2D eigenvalue weighted by molar-refractivity contribution is 7.08. The van der Waals surface area contributed by atoms with Crippen molar-refractivity contribution in [3.8, 4) is 0 Å². The SMILES string of the molecule is COC1c2cscc2CN1CC1=NCCN1. The second-order valence-corrected chi connectivity index (χ2v) is 4.84. The molecule has 1 aromatic heterocycles. The monoisotopic (exact) mass is 237 g/mol. The molecule has 0 saturated heterocycles. The largest absolute Gasteiger partial charge is 0.371 e. The van der Waals surface area contributed by atoms with Crippen molar-refractivity contribution in [2.24, 2.45) is 4.99 Å². The number of hydrogen-bond acceptors (Lipinski definition) is 5. The Balaban J connectivity index is 1.75. The number of amidine groups is 1. The second-order valence-electron chi connectivity index (χ2n) is 4.10. The van der Waals surface area contributed by atoms with E-state index in [4.69, 9.17) is 4.74 Å². The van der Waals surface area contributed by atoms with Crippen molar-refractivity contribution in [1.29, 1.82) is 0 Å². The molecule has 0 bridgehead atoms. The highest BCUT2D eigenvalue weighted by Gasteiger charge is 2.31. The smallest absolute Gasteiger partial charge is 0.138 e. The van der Waals surface area contributed by atoms with E-state index in [9.17, 15) is 0 Å². The lowest BCUT2D eigenvalue weighted by Gasteiger charge is -2.23. The van der Waals surface area contributed by atoms with Crippen LogP contribution in [0.4, 0.5) is 0 Å². The fourth-order valence-corrected chi connectivity index (χ4v) is 3.19. The van der Waals surface area contributed by atoms with Crippen LogP contribution in [-0.2, 0) is 11.3 Å². The van der Waals surface area contributed by atoms with Gasteiger partial charge in [0.15, 0.2) is 0 Å². The van der Waals surface area contributed by atoms with E-state index in [-0.39, 0.29) is 6.23 Å². The number of fused-ring (bicyclic) bond motifs is 1. The Morgan fingerprint density at radius 2 is 2.56 bits per heavy atom. The molecule has 16 heavy (non-hydrogen) atoms. The van der Waals surface area contributed by atoms with Gasteiger partial charge in [-0.25, -0.2) is 0 Å². The summed E-state index contributed by atoms with van der Waals surface area (Å²) in [6.07, 6.45) is 0.103. The Bertz CT molecular complexity index is 415. The zero-order valence-electron chi connectivity index (χ0n) is 9.27. The Morgan fingerprint density at radius 1 is 1.62 bits per heavy atom. The van der Waals surface area contributed by atoms with Crippen LogP contribution < -0.4 is 5.32 Å². The molecule has 3 rings (SSSR count). The zero-order chi connectivity index (χ0) is 11.0. The van der Waals surface area contributed by atoms with E-state index in [1.807, 2.05) is 0 Å². The molecule has 0 aromatic carbocycles. The Hall–Kier alpha value is -0.910. The van der Waals surface area contributed by atoms with Crippen LogP contribution in [0.5, 0.6) is 0 Å². The van der Waals surface area contributed by atoms with E-state index in [2.05, 4.69) is 26.0 Å². The van der Waals surface area contributed by atoms with Gasteiger partial charge in [0.1, 0.15) is 12.1 Å². The summed E-state index contributed by atoms with van der Waals surface area (Å²) in [6, 6.07) is 0. The van der Waals surface area contributed by atoms with Crippen LogP contribution in [0.1, 0.15) is 17.4 Å². The molecule has 2 aliphatic rings. The molecule has 3 heterocycles. The number of hydrogen-bond donors (Lipinski definition) is 1. The molecule has 0 saturated carbocycles. The molecule has 0 aliphatic carbocycles. The van der Waals surface area contributed by atoms with Crippen LogP contribution in [-0.4, -0.2) is 37.5 Å². The minimum Gasteiger partial charge on any atom is -0.371 e. The number of methoxy groups -OCH3 is 1. The number of ether oxygens (including phenoxy) is 1. The predicted octanol–water partition coefficient (Wildman–Crippen LogP) is 1.21. The first-order valence-corrected chi connectivity index (χ1v) is 6.42. The topological polar surface area (TPSA) is 36.9 Å². The summed E-state index contributed by atoms with van der Waals surface area (Å²) in [5.74, 6) is 1.09. The lowest BCUT2D eigenvalue weighted by atomic mass is 10.2. The Morgan fingerprint density at radius 3 is 3.31 bits per heavy atom. The van der Waals surface area contributed by atoms with Crippen LogP contribution in [0.2, 0.25) is 0 Å². The van der Waals surface area contributed by atoms with Crippen molar-refractivity contribution in [1.82, 2.24) is 10.2 Å². The third-order valence-electron chi connectivity index (χ3n) is 3.07. The number of nitrogens with zero attached hydrogens (tertiary/aromatic N) is 2.